The van der Waals surface area contributed by atoms with Crippen LogP contribution in [-0.4, -0.2) is 39.4 Å². The van der Waals surface area contributed by atoms with Gasteiger partial charge in [0.05, 0.1) is 6.42 Å². The molecule has 1 amide bonds. The number of amides is 1. The number of alkyl halides is 2. The standard InChI is InChI=1S/C23H21F2IN2O3/c1-27(23(31)13-5-7-16(22(24)25)18(26)10-13)14-6-8-15-17(12-21(29)30)19-4-2-3-9-28(19)20(15)11-14/h2-5,7,9-10,14,22H,6,8,11-12H2,1H3,(H,29,30)/t14-/m1/s1. The van der Waals surface area contributed by atoms with Gasteiger partial charge in [0.25, 0.3) is 12.3 Å². The highest BCUT2D eigenvalue weighted by Crippen LogP contribution is 2.33. The summed E-state index contributed by atoms with van der Waals surface area (Å²) in [4.78, 5) is 26.1. The van der Waals surface area contributed by atoms with Crippen molar-refractivity contribution >= 4 is 40.0 Å². The van der Waals surface area contributed by atoms with Gasteiger partial charge in [0, 0.05) is 51.6 Å². The molecule has 0 saturated heterocycles. The van der Waals surface area contributed by atoms with Crippen molar-refractivity contribution in [2.24, 2.45) is 0 Å². The number of aliphatic carboxylic acids is 1. The highest BCUT2D eigenvalue weighted by atomic mass is 127. The van der Waals surface area contributed by atoms with E-state index >= 15 is 0 Å². The fraction of sp³-hybridized carbons (Fsp3) is 0.304. The number of likely N-dealkylation sites (N-methyl/N-ethyl adjacent to an activating group) is 1. The maximum absolute atomic E-state index is 13.1. The SMILES string of the molecule is CN(C(=O)c1ccc(C(F)F)c(I)c1)[C@@H]1CCc2c(CC(=O)O)c3ccccn3c2C1. The number of aromatic nitrogens is 1. The molecule has 0 fully saturated rings. The van der Waals surface area contributed by atoms with Crippen molar-refractivity contribution in [2.45, 2.75) is 38.2 Å². The Hall–Kier alpha value is -2.49. The van der Waals surface area contributed by atoms with E-state index in [1.807, 2.05) is 51.4 Å². The van der Waals surface area contributed by atoms with Gasteiger partial charge in [-0.25, -0.2) is 8.78 Å². The highest BCUT2D eigenvalue weighted by Gasteiger charge is 2.31. The third-order valence-electron chi connectivity index (χ3n) is 6.01. The number of hydrogen-bond acceptors (Lipinski definition) is 2. The van der Waals surface area contributed by atoms with Crippen LogP contribution in [0.15, 0.2) is 42.6 Å². The van der Waals surface area contributed by atoms with Crippen molar-refractivity contribution < 1.29 is 23.5 Å². The minimum Gasteiger partial charge on any atom is -0.481 e. The summed E-state index contributed by atoms with van der Waals surface area (Å²) in [6.07, 6.45) is 1.32. The molecule has 0 spiro atoms. The Bertz CT molecular complexity index is 1180. The number of carbonyl (C=O) groups is 2. The number of benzene rings is 1. The van der Waals surface area contributed by atoms with Gasteiger partial charge in [-0.05, 0) is 70.8 Å². The van der Waals surface area contributed by atoms with E-state index in [1.54, 1.807) is 11.9 Å². The second-order valence-corrected chi connectivity index (χ2v) is 8.94. The Balaban J connectivity index is 1.62. The van der Waals surface area contributed by atoms with E-state index in [2.05, 4.69) is 0 Å². The number of pyridine rings is 1. The average molecular weight is 538 g/mol. The van der Waals surface area contributed by atoms with Gasteiger partial charge in [-0.2, -0.15) is 0 Å². The highest BCUT2D eigenvalue weighted by molar-refractivity contribution is 14.1. The predicted octanol–water partition coefficient (Wildman–Crippen LogP) is 4.74. The summed E-state index contributed by atoms with van der Waals surface area (Å²) in [6.45, 7) is 0. The van der Waals surface area contributed by atoms with E-state index < -0.39 is 12.4 Å². The molecule has 1 N–H and O–H groups in total. The van der Waals surface area contributed by atoms with Crippen LogP contribution in [0.3, 0.4) is 0 Å². The second kappa shape index (κ2) is 8.57. The number of carboxylic acids is 1. The molecule has 0 unspecified atom stereocenters. The third kappa shape index (κ3) is 4.05. The summed E-state index contributed by atoms with van der Waals surface area (Å²) in [7, 11) is 1.74. The summed E-state index contributed by atoms with van der Waals surface area (Å²) in [5.41, 5.74) is 4.13. The quantitative estimate of drug-likeness (QED) is 0.478. The number of fused-ring (bicyclic) bond motifs is 3. The molecular weight excluding hydrogens is 517 g/mol. The van der Waals surface area contributed by atoms with Crippen LogP contribution in [0.2, 0.25) is 0 Å². The van der Waals surface area contributed by atoms with E-state index in [4.69, 9.17) is 0 Å². The third-order valence-corrected chi connectivity index (χ3v) is 6.94. The van der Waals surface area contributed by atoms with Crippen LogP contribution in [0.5, 0.6) is 0 Å². The Morgan fingerprint density at radius 3 is 2.74 bits per heavy atom. The summed E-state index contributed by atoms with van der Waals surface area (Å²) in [6, 6.07) is 9.93. The molecule has 1 aromatic carbocycles. The van der Waals surface area contributed by atoms with Gasteiger partial charge in [-0.1, -0.05) is 12.1 Å². The Morgan fingerprint density at radius 1 is 1.29 bits per heavy atom. The van der Waals surface area contributed by atoms with Crippen LogP contribution in [-0.2, 0) is 24.1 Å². The smallest absolute Gasteiger partial charge is 0.307 e. The monoisotopic (exact) mass is 538 g/mol. The number of nitrogens with zero attached hydrogens (tertiary/aromatic N) is 2. The first-order valence-electron chi connectivity index (χ1n) is 9.94. The fourth-order valence-electron chi connectivity index (χ4n) is 4.44. The largest absolute Gasteiger partial charge is 0.481 e. The lowest BCUT2D eigenvalue weighted by Crippen LogP contribution is -2.41. The van der Waals surface area contributed by atoms with Crippen molar-refractivity contribution in [1.82, 2.24) is 9.30 Å². The predicted molar refractivity (Wildman–Crippen MR) is 121 cm³/mol. The van der Waals surface area contributed by atoms with Crippen LogP contribution < -0.4 is 0 Å². The number of rotatable bonds is 5. The van der Waals surface area contributed by atoms with E-state index in [1.165, 1.54) is 18.2 Å². The molecular formula is C23H21F2IN2O3. The number of halogens is 3. The molecule has 5 nitrogen and oxygen atoms in total. The minimum absolute atomic E-state index is 0.0305. The Kier molecular flexibility index (Phi) is 6.00. The first-order chi connectivity index (χ1) is 14.8. The van der Waals surface area contributed by atoms with Gasteiger partial charge in [0.15, 0.2) is 0 Å². The molecule has 3 aromatic rings. The normalized spacial score (nSPS) is 15.8. The van der Waals surface area contributed by atoms with Crippen LogP contribution in [0.25, 0.3) is 5.52 Å². The number of carboxylic acid groups (broad SMARTS) is 1. The van der Waals surface area contributed by atoms with Crippen molar-refractivity contribution in [3.05, 3.63) is 74.1 Å². The second-order valence-electron chi connectivity index (χ2n) is 7.78. The maximum Gasteiger partial charge on any atom is 0.307 e. The van der Waals surface area contributed by atoms with Crippen LogP contribution in [0, 0.1) is 3.57 Å². The van der Waals surface area contributed by atoms with Crippen LogP contribution in [0.1, 0.15) is 45.6 Å². The molecule has 2 heterocycles. The lowest BCUT2D eigenvalue weighted by molar-refractivity contribution is -0.136. The first kappa shape index (κ1) is 21.7. The zero-order valence-corrected chi connectivity index (χ0v) is 19.0. The molecule has 0 bridgehead atoms. The van der Waals surface area contributed by atoms with Gasteiger partial charge in [-0.15, -0.1) is 0 Å². The van der Waals surface area contributed by atoms with Gasteiger partial charge in [0.2, 0.25) is 0 Å². The molecule has 1 atom stereocenters. The zero-order chi connectivity index (χ0) is 22.3. The lowest BCUT2D eigenvalue weighted by atomic mass is 9.89. The van der Waals surface area contributed by atoms with Crippen molar-refractivity contribution in [1.29, 1.82) is 0 Å². The molecule has 1 aliphatic rings. The van der Waals surface area contributed by atoms with Crippen LogP contribution >= 0.6 is 22.6 Å². The number of carbonyl (C=O) groups excluding carboxylic acids is 1. The van der Waals surface area contributed by atoms with Crippen LogP contribution in [0.4, 0.5) is 8.78 Å². The van der Waals surface area contributed by atoms with Crippen molar-refractivity contribution in [3.8, 4) is 0 Å². The Labute approximate surface area is 191 Å². The van der Waals surface area contributed by atoms with Gasteiger partial charge < -0.3 is 14.4 Å². The van der Waals surface area contributed by atoms with Crippen molar-refractivity contribution in [3.63, 3.8) is 0 Å². The maximum atomic E-state index is 13.1. The molecule has 0 radical (unpaired) electrons. The lowest BCUT2D eigenvalue weighted by Gasteiger charge is -2.32. The van der Waals surface area contributed by atoms with E-state index in [0.29, 0.717) is 28.4 Å². The summed E-state index contributed by atoms with van der Waals surface area (Å²) >= 11 is 1.83. The van der Waals surface area contributed by atoms with E-state index in [0.717, 1.165) is 22.3 Å². The summed E-state index contributed by atoms with van der Waals surface area (Å²) in [5, 5.41) is 9.35. The summed E-state index contributed by atoms with van der Waals surface area (Å²) in [5.74, 6) is -1.07. The first-order valence-corrected chi connectivity index (χ1v) is 11.0. The van der Waals surface area contributed by atoms with Gasteiger partial charge in [0.1, 0.15) is 0 Å². The topological polar surface area (TPSA) is 62.0 Å². The Morgan fingerprint density at radius 2 is 2.06 bits per heavy atom. The molecule has 8 heteroatoms. The molecule has 0 aliphatic heterocycles. The molecule has 2 aromatic heterocycles. The van der Waals surface area contributed by atoms with E-state index in [-0.39, 0.29) is 23.9 Å². The van der Waals surface area contributed by atoms with E-state index in [9.17, 15) is 23.5 Å². The minimum atomic E-state index is -2.58. The number of hydrogen-bond donors (Lipinski definition) is 1. The molecule has 1 aliphatic carbocycles. The molecule has 162 valence electrons. The fourth-order valence-corrected chi connectivity index (χ4v) is 5.19. The molecule has 0 saturated carbocycles. The molecule has 31 heavy (non-hydrogen) atoms. The zero-order valence-electron chi connectivity index (χ0n) is 16.8. The molecule has 4 rings (SSSR count). The van der Waals surface area contributed by atoms with Gasteiger partial charge >= 0.3 is 5.97 Å². The average Bonchev–Trinajstić information content (AvgIpc) is 3.05. The van der Waals surface area contributed by atoms with Crippen molar-refractivity contribution in [2.75, 3.05) is 7.05 Å². The summed E-state index contributed by atoms with van der Waals surface area (Å²) < 4.78 is 28.4. The van der Waals surface area contributed by atoms with Gasteiger partial charge in [-0.3, -0.25) is 9.59 Å².